The molecule has 11 heteroatoms. The summed E-state index contributed by atoms with van der Waals surface area (Å²) in [7, 11) is 0. The highest BCUT2D eigenvalue weighted by atomic mass is 32.1. The zero-order chi connectivity index (χ0) is 29.6. The molecule has 0 atom stereocenters. The van der Waals surface area contributed by atoms with Gasteiger partial charge in [-0.25, -0.2) is 0 Å². The number of ether oxygens (including phenoxy) is 1. The average Bonchev–Trinajstić information content (AvgIpc) is 3.69. The number of aromatic amines is 2. The molecule has 3 aromatic heterocycles. The Balaban J connectivity index is 1.05. The summed E-state index contributed by atoms with van der Waals surface area (Å²) in [4.78, 5) is 29.7. The summed E-state index contributed by atoms with van der Waals surface area (Å²) in [6.45, 7) is 0.598. The molecule has 10 nitrogen and oxygen atoms in total. The van der Waals surface area contributed by atoms with Crippen molar-refractivity contribution in [1.29, 1.82) is 0 Å². The Hall–Kier alpha value is -5.03. The number of fused-ring (bicyclic) bond motifs is 2. The number of tetrazole rings is 1. The van der Waals surface area contributed by atoms with Crippen LogP contribution < -0.4 is 15.6 Å². The van der Waals surface area contributed by atoms with Gasteiger partial charge in [0, 0.05) is 27.1 Å². The molecule has 0 fully saturated rings. The van der Waals surface area contributed by atoms with E-state index in [1.54, 1.807) is 47.7 Å². The van der Waals surface area contributed by atoms with Crippen molar-refractivity contribution < 1.29 is 14.6 Å². The summed E-state index contributed by atoms with van der Waals surface area (Å²) in [5.74, 6) is 0.395. The molecule has 43 heavy (non-hydrogen) atoms. The van der Waals surface area contributed by atoms with Crippen LogP contribution in [0.2, 0.25) is 0 Å². The number of anilines is 1. The van der Waals surface area contributed by atoms with Crippen LogP contribution in [0.15, 0.2) is 77.6 Å². The molecule has 0 spiro atoms. The molecule has 0 aliphatic carbocycles. The Kier molecular flexibility index (Phi) is 8.41. The predicted octanol–water partition coefficient (Wildman–Crippen LogP) is 6.45. The fourth-order valence-corrected chi connectivity index (χ4v) is 6.05. The second-order valence-electron chi connectivity index (χ2n) is 10.3. The van der Waals surface area contributed by atoms with E-state index in [4.69, 9.17) is 4.74 Å². The quantitative estimate of drug-likeness (QED) is 0.119. The molecule has 6 aromatic rings. The third kappa shape index (κ3) is 6.57. The number of rotatable bonds is 12. The molecule has 0 aliphatic rings. The topological polar surface area (TPSA) is 146 Å². The van der Waals surface area contributed by atoms with E-state index in [0.29, 0.717) is 28.9 Å². The van der Waals surface area contributed by atoms with Gasteiger partial charge in [-0.15, -0.1) is 21.5 Å². The minimum atomic E-state index is -0.694. The van der Waals surface area contributed by atoms with Crippen molar-refractivity contribution in [3.05, 3.63) is 94.5 Å². The van der Waals surface area contributed by atoms with Crippen LogP contribution in [0.4, 0.5) is 5.69 Å². The molecule has 3 aromatic carbocycles. The van der Waals surface area contributed by atoms with Gasteiger partial charge in [0.05, 0.1) is 12.1 Å². The molecule has 1 amide bonds. The Bertz CT molecular complexity index is 1880. The first-order chi connectivity index (χ1) is 21.0. The van der Waals surface area contributed by atoms with Crippen LogP contribution in [0.25, 0.3) is 31.4 Å². The zero-order valence-corrected chi connectivity index (χ0v) is 24.1. The predicted molar refractivity (Wildman–Crippen MR) is 168 cm³/mol. The van der Waals surface area contributed by atoms with Crippen LogP contribution in [0.5, 0.6) is 11.5 Å². The lowest BCUT2D eigenvalue weighted by molar-refractivity contribution is 0.102. The van der Waals surface area contributed by atoms with Crippen molar-refractivity contribution >= 4 is 43.9 Å². The van der Waals surface area contributed by atoms with Crippen molar-refractivity contribution in [2.24, 2.45) is 0 Å². The molecule has 6 rings (SSSR count). The van der Waals surface area contributed by atoms with Crippen LogP contribution in [0.1, 0.15) is 48.3 Å². The van der Waals surface area contributed by atoms with Crippen LogP contribution >= 0.6 is 11.3 Å². The molecule has 0 radical (unpaired) electrons. The van der Waals surface area contributed by atoms with Gasteiger partial charge in [-0.2, -0.15) is 5.21 Å². The number of nitrogens with one attached hydrogen (secondary N) is 3. The standard InChI is InChI=1S/C32H30N6O4S/c39-30-24-18-21(27-19-20-8-5-6-9-26(20)43-27)11-16-25(24)34-32(41)29(30)31(40)33-22-12-14-23(15-13-22)42-17-7-3-1-2-4-10-28-35-37-38-36-28/h5-6,8-9,11-16,18-19H,1-4,7,10,17H2,(H,33,40)(H2,34,39,41)(H,35,36,37,38). The lowest BCUT2D eigenvalue weighted by Crippen LogP contribution is -2.23. The van der Waals surface area contributed by atoms with Gasteiger partial charge in [-0.1, -0.05) is 48.7 Å². The number of amides is 1. The molecule has 218 valence electrons. The highest BCUT2D eigenvalue weighted by Crippen LogP contribution is 2.36. The second-order valence-corrected chi connectivity index (χ2v) is 11.3. The number of aromatic hydroxyl groups is 1. The van der Waals surface area contributed by atoms with E-state index in [0.717, 1.165) is 64.9 Å². The van der Waals surface area contributed by atoms with E-state index in [2.05, 4.69) is 49.1 Å². The lowest BCUT2D eigenvalue weighted by atomic mass is 10.1. The highest BCUT2D eigenvalue weighted by Gasteiger charge is 2.20. The zero-order valence-electron chi connectivity index (χ0n) is 23.3. The summed E-state index contributed by atoms with van der Waals surface area (Å²) in [6, 6.07) is 22.6. The SMILES string of the molecule is O=C(Nc1ccc(OCCCCCCCc2nn[nH]n2)cc1)c1c(O)c2cc(-c3cc4ccccc4s3)ccc2[nH]c1=O. The monoisotopic (exact) mass is 594 g/mol. The maximum absolute atomic E-state index is 13.1. The fourth-order valence-electron chi connectivity index (χ4n) is 4.99. The van der Waals surface area contributed by atoms with Gasteiger partial charge in [0.25, 0.3) is 11.5 Å². The van der Waals surface area contributed by atoms with Crippen molar-refractivity contribution in [3.63, 3.8) is 0 Å². The number of nitrogens with zero attached hydrogens (tertiary/aromatic N) is 3. The van der Waals surface area contributed by atoms with Gasteiger partial charge in [-0.05, 0) is 72.3 Å². The number of thiophene rings is 1. The van der Waals surface area contributed by atoms with Gasteiger partial charge in [0.1, 0.15) is 17.1 Å². The van der Waals surface area contributed by atoms with Gasteiger partial charge in [0.15, 0.2) is 5.82 Å². The fraction of sp³-hybridized carbons (Fsp3) is 0.219. The first-order valence-corrected chi connectivity index (χ1v) is 15.0. The minimum Gasteiger partial charge on any atom is -0.506 e. The summed E-state index contributed by atoms with van der Waals surface area (Å²) >= 11 is 1.64. The van der Waals surface area contributed by atoms with Crippen molar-refractivity contribution in [2.45, 2.75) is 38.5 Å². The molecule has 0 saturated carbocycles. The van der Waals surface area contributed by atoms with E-state index in [-0.39, 0.29) is 11.3 Å². The maximum atomic E-state index is 13.1. The van der Waals surface area contributed by atoms with Crippen molar-refractivity contribution in [1.82, 2.24) is 25.6 Å². The average molecular weight is 595 g/mol. The third-order valence-electron chi connectivity index (χ3n) is 7.24. The van der Waals surface area contributed by atoms with Crippen LogP contribution in [-0.2, 0) is 6.42 Å². The van der Waals surface area contributed by atoms with E-state index < -0.39 is 11.5 Å². The summed E-state index contributed by atoms with van der Waals surface area (Å²) in [5.41, 5.74) is 0.829. The van der Waals surface area contributed by atoms with E-state index in [1.807, 2.05) is 18.2 Å². The Labute approximate surface area is 250 Å². The largest absolute Gasteiger partial charge is 0.506 e. The molecule has 0 saturated heterocycles. The molecular weight excluding hydrogens is 564 g/mol. The maximum Gasteiger partial charge on any atom is 0.265 e. The Morgan fingerprint density at radius 2 is 1.77 bits per heavy atom. The molecule has 0 bridgehead atoms. The number of aryl methyl sites for hydroxylation is 1. The smallest absolute Gasteiger partial charge is 0.265 e. The third-order valence-corrected chi connectivity index (χ3v) is 8.40. The normalized spacial score (nSPS) is 11.3. The summed E-state index contributed by atoms with van der Waals surface area (Å²) < 4.78 is 6.99. The molecule has 0 unspecified atom stereocenters. The number of hydrogen-bond acceptors (Lipinski definition) is 8. The molecule has 4 N–H and O–H groups in total. The van der Waals surface area contributed by atoms with Gasteiger partial charge in [0.2, 0.25) is 0 Å². The molecule has 3 heterocycles. The van der Waals surface area contributed by atoms with Gasteiger partial charge < -0.3 is 20.1 Å². The number of hydrogen-bond donors (Lipinski definition) is 4. The Morgan fingerprint density at radius 1 is 0.953 bits per heavy atom. The van der Waals surface area contributed by atoms with Crippen LogP contribution in [0.3, 0.4) is 0 Å². The van der Waals surface area contributed by atoms with Crippen LogP contribution in [-0.4, -0.2) is 43.2 Å². The van der Waals surface area contributed by atoms with Gasteiger partial charge >= 0.3 is 0 Å². The van der Waals surface area contributed by atoms with E-state index >= 15 is 0 Å². The number of pyridine rings is 1. The summed E-state index contributed by atoms with van der Waals surface area (Å²) in [5, 5.41) is 29.2. The van der Waals surface area contributed by atoms with Crippen LogP contribution in [0, 0.1) is 0 Å². The number of carbonyl (C=O) groups excluding carboxylic acids is 1. The van der Waals surface area contributed by atoms with Gasteiger partial charge in [-0.3, -0.25) is 9.59 Å². The number of carbonyl (C=O) groups is 1. The van der Waals surface area contributed by atoms with Crippen molar-refractivity contribution in [2.75, 3.05) is 11.9 Å². The minimum absolute atomic E-state index is 0.335. The summed E-state index contributed by atoms with van der Waals surface area (Å²) in [6.07, 6.45) is 6.08. The number of unbranched alkanes of at least 4 members (excludes halogenated alkanes) is 4. The number of aromatic nitrogens is 5. The molecular formula is C32H30N6O4S. The second kappa shape index (κ2) is 12.9. The first-order valence-electron chi connectivity index (χ1n) is 14.2. The number of H-pyrrole nitrogens is 2. The molecule has 0 aliphatic heterocycles. The first kappa shape index (κ1) is 28.1. The highest BCUT2D eigenvalue weighted by molar-refractivity contribution is 7.22. The van der Waals surface area contributed by atoms with E-state index in [9.17, 15) is 14.7 Å². The van der Waals surface area contributed by atoms with E-state index in [1.165, 1.54) is 0 Å². The Morgan fingerprint density at radius 3 is 2.58 bits per heavy atom. The van der Waals surface area contributed by atoms with Crippen molar-refractivity contribution in [3.8, 4) is 21.9 Å². The lowest BCUT2D eigenvalue weighted by Gasteiger charge is -2.10. The number of benzene rings is 3.